The molecule has 5 nitrogen and oxygen atoms in total. The summed E-state index contributed by atoms with van der Waals surface area (Å²) in [5.41, 5.74) is 0.568. The predicted molar refractivity (Wildman–Crippen MR) is 109 cm³/mol. The molecule has 0 radical (unpaired) electrons. The molecule has 30 heavy (non-hydrogen) atoms. The number of aromatic nitrogens is 2. The van der Waals surface area contributed by atoms with Crippen LogP contribution in [0.25, 0.3) is 0 Å². The van der Waals surface area contributed by atoms with Crippen LogP contribution in [-0.4, -0.2) is 9.13 Å². The fourth-order valence-electron chi connectivity index (χ4n) is 3.52. The Bertz CT molecular complexity index is 1130. The maximum atomic E-state index is 13.4. The van der Waals surface area contributed by atoms with Gasteiger partial charge in [0.2, 0.25) is 0 Å². The van der Waals surface area contributed by atoms with Crippen LogP contribution >= 0.6 is 0 Å². The molecule has 3 rings (SSSR count). The highest BCUT2D eigenvalue weighted by Crippen LogP contribution is 2.29. The molecule has 1 aromatic heterocycles. The summed E-state index contributed by atoms with van der Waals surface area (Å²) in [6.07, 6.45) is 2.29. The van der Waals surface area contributed by atoms with Crippen molar-refractivity contribution in [2.75, 3.05) is 0 Å². The van der Waals surface area contributed by atoms with E-state index in [0.717, 1.165) is 15.7 Å². The molecular formula is C23H21F2N3O2. The molecule has 2 aromatic carbocycles. The topological polar surface area (TPSA) is 67.8 Å². The number of nitrogens with zero attached hydrogens (tertiary/aromatic N) is 3. The fourth-order valence-corrected chi connectivity index (χ4v) is 3.52. The number of aryl methyl sites for hydroxylation is 1. The zero-order valence-electron chi connectivity index (χ0n) is 16.5. The quantitative estimate of drug-likeness (QED) is 0.596. The third-order valence-corrected chi connectivity index (χ3v) is 5.12. The van der Waals surface area contributed by atoms with Gasteiger partial charge in [-0.3, -0.25) is 13.9 Å². The van der Waals surface area contributed by atoms with Crippen molar-refractivity contribution in [2.45, 2.75) is 38.8 Å². The van der Waals surface area contributed by atoms with Gasteiger partial charge in [0.1, 0.15) is 23.3 Å². The largest absolute Gasteiger partial charge is 0.331 e. The molecule has 0 fully saturated rings. The van der Waals surface area contributed by atoms with Crippen molar-refractivity contribution in [2.24, 2.45) is 0 Å². The van der Waals surface area contributed by atoms with E-state index in [-0.39, 0.29) is 29.7 Å². The van der Waals surface area contributed by atoms with Crippen molar-refractivity contribution < 1.29 is 8.78 Å². The van der Waals surface area contributed by atoms with Gasteiger partial charge in [-0.1, -0.05) is 24.3 Å². The van der Waals surface area contributed by atoms with Crippen molar-refractivity contribution in [3.63, 3.8) is 0 Å². The van der Waals surface area contributed by atoms with Gasteiger partial charge in [-0.2, -0.15) is 5.26 Å². The van der Waals surface area contributed by atoms with Crippen molar-refractivity contribution in [3.05, 3.63) is 104 Å². The van der Waals surface area contributed by atoms with E-state index in [0.29, 0.717) is 19.4 Å². The van der Waals surface area contributed by atoms with Crippen LogP contribution in [0.5, 0.6) is 0 Å². The second-order valence-electron chi connectivity index (χ2n) is 6.98. The highest BCUT2D eigenvalue weighted by Gasteiger charge is 2.16. The molecule has 0 saturated heterocycles. The van der Waals surface area contributed by atoms with Crippen molar-refractivity contribution >= 4 is 0 Å². The summed E-state index contributed by atoms with van der Waals surface area (Å²) >= 11 is 0. The third-order valence-electron chi connectivity index (χ3n) is 5.12. The van der Waals surface area contributed by atoms with Gasteiger partial charge in [-0.15, -0.1) is 0 Å². The van der Waals surface area contributed by atoms with Gasteiger partial charge in [0.05, 0.1) is 0 Å². The van der Waals surface area contributed by atoms with Crippen LogP contribution in [0.2, 0.25) is 0 Å². The summed E-state index contributed by atoms with van der Waals surface area (Å²) < 4.78 is 29.1. The molecule has 0 spiro atoms. The van der Waals surface area contributed by atoms with Crippen molar-refractivity contribution in [1.29, 1.82) is 5.26 Å². The number of hydrogen-bond donors (Lipinski definition) is 0. The smallest absolute Gasteiger partial charge is 0.299 e. The van der Waals surface area contributed by atoms with E-state index in [1.807, 2.05) is 6.07 Å². The molecule has 0 atom stereocenters. The first-order valence-corrected chi connectivity index (χ1v) is 9.70. The summed E-state index contributed by atoms with van der Waals surface area (Å²) in [4.78, 5) is 24.9. The Balaban J connectivity index is 1.88. The Morgan fingerprint density at radius 1 is 0.967 bits per heavy atom. The van der Waals surface area contributed by atoms with Gasteiger partial charge >= 0.3 is 5.69 Å². The van der Waals surface area contributed by atoms with E-state index in [1.165, 1.54) is 35.0 Å². The minimum Gasteiger partial charge on any atom is -0.299 e. The van der Waals surface area contributed by atoms with Crippen LogP contribution < -0.4 is 11.2 Å². The first kappa shape index (κ1) is 21.2. The van der Waals surface area contributed by atoms with Crippen molar-refractivity contribution in [3.8, 4) is 6.07 Å². The molecule has 3 aromatic rings. The molecule has 0 N–H and O–H groups in total. The molecule has 0 aliphatic rings. The predicted octanol–water partition coefficient (Wildman–Crippen LogP) is 3.79. The molecular weight excluding hydrogens is 388 g/mol. The van der Waals surface area contributed by atoms with Crippen LogP contribution in [-0.2, 0) is 13.1 Å². The molecule has 0 aliphatic heterocycles. The summed E-state index contributed by atoms with van der Waals surface area (Å²) in [6, 6.07) is 14.0. The highest BCUT2D eigenvalue weighted by atomic mass is 19.1. The first-order valence-electron chi connectivity index (χ1n) is 9.70. The van der Waals surface area contributed by atoms with Crippen LogP contribution in [0.4, 0.5) is 8.78 Å². The lowest BCUT2D eigenvalue weighted by Crippen LogP contribution is -2.40. The Morgan fingerprint density at radius 3 is 1.97 bits per heavy atom. The second-order valence-corrected chi connectivity index (χ2v) is 6.98. The molecule has 0 saturated carbocycles. The normalized spacial score (nSPS) is 10.9. The van der Waals surface area contributed by atoms with Gasteiger partial charge in [0, 0.05) is 25.2 Å². The number of hydrogen-bond acceptors (Lipinski definition) is 3. The van der Waals surface area contributed by atoms with Crippen LogP contribution in [0.15, 0.2) is 64.3 Å². The monoisotopic (exact) mass is 409 g/mol. The SMILES string of the molecule is CCn1cc(C#N)c(=O)n(CCCC(c2ccc(F)cc2)c2ccc(F)cc2)c1=O. The Kier molecular flexibility index (Phi) is 6.58. The summed E-state index contributed by atoms with van der Waals surface area (Å²) in [7, 11) is 0. The van der Waals surface area contributed by atoms with E-state index >= 15 is 0 Å². The lowest BCUT2D eigenvalue weighted by atomic mass is 9.87. The van der Waals surface area contributed by atoms with E-state index in [2.05, 4.69) is 0 Å². The average molecular weight is 409 g/mol. The highest BCUT2D eigenvalue weighted by molar-refractivity contribution is 5.32. The van der Waals surface area contributed by atoms with Gasteiger partial charge in [-0.05, 0) is 55.2 Å². The average Bonchev–Trinajstić information content (AvgIpc) is 2.75. The summed E-state index contributed by atoms with van der Waals surface area (Å²) in [5.74, 6) is -0.859. The minimum atomic E-state index is -0.604. The summed E-state index contributed by atoms with van der Waals surface area (Å²) in [6.45, 7) is 2.25. The zero-order chi connectivity index (χ0) is 21.7. The fraction of sp³-hybridized carbons (Fsp3) is 0.261. The minimum absolute atomic E-state index is 0.0786. The van der Waals surface area contributed by atoms with Gasteiger partial charge in [-0.25, -0.2) is 13.6 Å². The van der Waals surface area contributed by atoms with Crippen LogP contribution in [0, 0.1) is 23.0 Å². The van der Waals surface area contributed by atoms with E-state index < -0.39 is 11.2 Å². The van der Waals surface area contributed by atoms with Crippen LogP contribution in [0.1, 0.15) is 42.4 Å². The molecule has 1 heterocycles. The Hall–Kier alpha value is -3.53. The summed E-state index contributed by atoms with van der Waals surface area (Å²) in [5, 5.41) is 9.17. The number of rotatable bonds is 7. The maximum absolute atomic E-state index is 13.4. The number of halogens is 2. The molecule has 0 bridgehead atoms. The second kappa shape index (κ2) is 9.31. The van der Waals surface area contributed by atoms with Gasteiger partial charge in [0.15, 0.2) is 0 Å². The van der Waals surface area contributed by atoms with Gasteiger partial charge < -0.3 is 0 Å². The molecule has 7 heteroatoms. The molecule has 0 unspecified atom stereocenters. The third kappa shape index (κ3) is 4.54. The number of nitriles is 1. The van der Waals surface area contributed by atoms with E-state index in [9.17, 15) is 18.4 Å². The lowest BCUT2D eigenvalue weighted by Gasteiger charge is -2.19. The van der Waals surface area contributed by atoms with Gasteiger partial charge in [0.25, 0.3) is 5.56 Å². The molecule has 0 amide bonds. The Morgan fingerprint density at radius 2 is 1.50 bits per heavy atom. The van der Waals surface area contributed by atoms with Crippen molar-refractivity contribution in [1.82, 2.24) is 9.13 Å². The maximum Gasteiger partial charge on any atom is 0.331 e. The standard InChI is InChI=1S/C23H21F2N3O2/c1-2-27-15-18(14-26)22(29)28(23(27)30)13-3-4-21(16-5-9-19(24)10-6-16)17-7-11-20(25)12-8-17/h5-12,15,21H,2-4,13H2,1H3. The molecule has 154 valence electrons. The number of benzene rings is 2. The van der Waals surface area contributed by atoms with E-state index in [4.69, 9.17) is 5.26 Å². The lowest BCUT2D eigenvalue weighted by molar-refractivity contribution is 0.516. The first-order chi connectivity index (χ1) is 14.4. The van der Waals surface area contributed by atoms with E-state index in [1.54, 1.807) is 31.2 Å². The molecule has 0 aliphatic carbocycles. The zero-order valence-corrected chi connectivity index (χ0v) is 16.5. The Labute approximate surface area is 172 Å². The van der Waals surface area contributed by atoms with Crippen LogP contribution in [0.3, 0.4) is 0 Å².